The van der Waals surface area contributed by atoms with Crippen LogP contribution < -0.4 is 5.32 Å². The monoisotopic (exact) mass is 225 g/mol. The summed E-state index contributed by atoms with van der Waals surface area (Å²) in [6.45, 7) is 1.93. The van der Waals surface area contributed by atoms with Crippen molar-refractivity contribution in [1.82, 2.24) is 10.2 Å². The van der Waals surface area contributed by atoms with Gasteiger partial charge in [0.2, 0.25) is 0 Å². The average Bonchev–Trinajstić information content (AvgIpc) is 2.25. The number of hydrogen-bond acceptors (Lipinski definition) is 3. The first-order valence-corrected chi connectivity index (χ1v) is 5.90. The van der Waals surface area contributed by atoms with E-state index in [-0.39, 0.29) is 5.38 Å². The van der Waals surface area contributed by atoms with E-state index in [2.05, 4.69) is 15.5 Å². The molecule has 15 heavy (non-hydrogen) atoms. The van der Waals surface area contributed by atoms with Crippen LogP contribution in [-0.4, -0.2) is 21.6 Å². The smallest absolute Gasteiger partial charge is 0.148 e. The highest BCUT2D eigenvalue weighted by Crippen LogP contribution is 2.25. The Bertz CT molecular complexity index is 312. The SMILES string of the molecule is Cc1ccc(NC2CCCCC2Cl)nn1. The summed E-state index contributed by atoms with van der Waals surface area (Å²) in [4.78, 5) is 0. The molecule has 1 saturated carbocycles. The van der Waals surface area contributed by atoms with E-state index in [1.54, 1.807) is 0 Å². The highest BCUT2D eigenvalue weighted by molar-refractivity contribution is 6.21. The zero-order chi connectivity index (χ0) is 10.7. The van der Waals surface area contributed by atoms with E-state index < -0.39 is 0 Å². The van der Waals surface area contributed by atoms with Crippen LogP contribution in [0.1, 0.15) is 31.4 Å². The number of nitrogens with zero attached hydrogens (tertiary/aromatic N) is 2. The van der Waals surface area contributed by atoms with Crippen LogP contribution in [0.4, 0.5) is 5.82 Å². The molecule has 2 rings (SSSR count). The third-order valence-electron chi connectivity index (χ3n) is 2.81. The molecule has 2 unspecified atom stereocenters. The van der Waals surface area contributed by atoms with E-state index in [0.29, 0.717) is 6.04 Å². The second kappa shape index (κ2) is 4.79. The largest absolute Gasteiger partial charge is 0.364 e. The van der Waals surface area contributed by atoms with E-state index in [1.165, 1.54) is 12.8 Å². The molecule has 1 aliphatic rings. The van der Waals surface area contributed by atoms with Crippen molar-refractivity contribution in [2.24, 2.45) is 0 Å². The third kappa shape index (κ3) is 2.81. The Hall–Kier alpha value is -0.830. The maximum atomic E-state index is 6.25. The van der Waals surface area contributed by atoms with Crippen LogP contribution in [0.3, 0.4) is 0 Å². The second-order valence-electron chi connectivity index (χ2n) is 4.11. The first-order valence-electron chi connectivity index (χ1n) is 5.46. The lowest BCUT2D eigenvalue weighted by Crippen LogP contribution is -2.33. The van der Waals surface area contributed by atoms with Crippen molar-refractivity contribution in [2.45, 2.75) is 44.0 Å². The molecule has 4 heteroatoms. The van der Waals surface area contributed by atoms with Gasteiger partial charge in [0.1, 0.15) is 5.82 Å². The van der Waals surface area contributed by atoms with Crippen molar-refractivity contribution >= 4 is 17.4 Å². The van der Waals surface area contributed by atoms with Gasteiger partial charge in [0, 0.05) is 6.04 Å². The fraction of sp³-hybridized carbons (Fsp3) is 0.636. The van der Waals surface area contributed by atoms with E-state index in [1.807, 2.05) is 19.1 Å². The fourth-order valence-electron chi connectivity index (χ4n) is 1.91. The molecule has 0 aromatic carbocycles. The number of aromatic nitrogens is 2. The quantitative estimate of drug-likeness (QED) is 0.787. The molecule has 0 bridgehead atoms. The summed E-state index contributed by atoms with van der Waals surface area (Å²) in [5, 5.41) is 11.7. The Morgan fingerprint density at radius 2 is 2.07 bits per heavy atom. The predicted molar refractivity (Wildman–Crippen MR) is 62.3 cm³/mol. The molecular weight excluding hydrogens is 210 g/mol. The van der Waals surface area contributed by atoms with Crippen LogP contribution in [0.5, 0.6) is 0 Å². The first kappa shape index (κ1) is 10.7. The van der Waals surface area contributed by atoms with Crippen molar-refractivity contribution in [1.29, 1.82) is 0 Å². The summed E-state index contributed by atoms with van der Waals surface area (Å²) in [6, 6.07) is 4.26. The lowest BCUT2D eigenvalue weighted by Gasteiger charge is -2.28. The van der Waals surface area contributed by atoms with Gasteiger partial charge in [0.15, 0.2) is 0 Å². The van der Waals surface area contributed by atoms with Gasteiger partial charge < -0.3 is 5.32 Å². The minimum Gasteiger partial charge on any atom is -0.364 e. The standard InChI is InChI=1S/C11H16ClN3/c1-8-6-7-11(15-14-8)13-10-5-3-2-4-9(10)12/h6-7,9-10H,2-5H2,1H3,(H,13,15). The maximum absolute atomic E-state index is 6.25. The molecule has 82 valence electrons. The molecule has 1 aliphatic carbocycles. The summed E-state index contributed by atoms with van der Waals surface area (Å²) in [5.41, 5.74) is 0.937. The molecule has 0 aliphatic heterocycles. The summed E-state index contributed by atoms with van der Waals surface area (Å²) >= 11 is 6.25. The minimum absolute atomic E-state index is 0.224. The Morgan fingerprint density at radius 1 is 1.27 bits per heavy atom. The Labute approximate surface area is 95.2 Å². The predicted octanol–water partition coefficient (Wildman–Crippen LogP) is 2.75. The number of nitrogens with one attached hydrogen (secondary N) is 1. The normalized spacial score (nSPS) is 26.3. The zero-order valence-electron chi connectivity index (χ0n) is 8.91. The van der Waals surface area contributed by atoms with Gasteiger partial charge in [-0.1, -0.05) is 12.8 Å². The number of hydrogen-bond donors (Lipinski definition) is 1. The van der Waals surface area contributed by atoms with Crippen molar-refractivity contribution in [2.75, 3.05) is 5.32 Å². The second-order valence-corrected chi connectivity index (χ2v) is 4.67. The zero-order valence-corrected chi connectivity index (χ0v) is 9.67. The lowest BCUT2D eigenvalue weighted by atomic mass is 9.95. The van der Waals surface area contributed by atoms with Crippen LogP contribution in [0.25, 0.3) is 0 Å². The van der Waals surface area contributed by atoms with Gasteiger partial charge in [-0.05, 0) is 31.9 Å². The fourth-order valence-corrected chi connectivity index (χ4v) is 2.26. The molecule has 1 N–H and O–H groups in total. The molecule has 2 atom stereocenters. The summed E-state index contributed by atoms with van der Waals surface area (Å²) in [6.07, 6.45) is 4.72. The van der Waals surface area contributed by atoms with Crippen LogP contribution >= 0.6 is 11.6 Å². The number of halogens is 1. The number of anilines is 1. The highest BCUT2D eigenvalue weighted by atomic mass is 35.5. The van der Waals surface area contributed by atoms with E-state index in [4.69, 9.17) is 11.6 Å². The first-order chi connectivity index (χ1) is 7.25. The highest BCUT2D eigenvalue weighted by Gasteiger charge is 2.23. The molecule has 0 spiro atoms. The van der Waals surface area contributed by atoms with Gasteiger partial charge in [0.25, 0.3) is 0 Å². The Kier molecular flexibility index (Phi) is 3.41. The Morgan fingerprint density at radius 3 is 2.73 bits per heavy atom. The van der Waals surface area contributed by atoms with Crippen LogP contribution in [-0.2, 0) is 0 Å². The molecule has 3 nitrogen and oxygen atoms in total. The molecule has 1 fully saturated rings. The maximum Gasteiger partial charge on any atom is 0.148 e. The van der Waals surface area contributed by atoms with Crippen molar-refractivity contribution in [3.05, 3.63) is 17.8 Å². The van der Waals surface area contributed by atoms with Crippen LogP contribution in [0.2, 0.25) is 0 Å². The van der Waals surface area contributed by atoms with Crippen molar-refractivity contribution < 1.29 is 0 Å². The average molecular weight is 226 g/mol. The minimum atomic E-state index is 0.224. The molecule has 0 amide bonds. The summed E-state index contributed by atoms with van der Waals surface area (Å²) in [7, 11) is 0. The van der Waals surface area contributed by atoms with Crippen molar-refractivity contribution in [3.63, 3.8) is 0 Å². The Balaban J connectivity index is 1.98. The topological polar surface area (TPSA) is 37.8 Å². The molecule has 1 aromatic rings. The molecule has 1 heterocycles. The van der Waals surface area contributed by atoms with Gasteiger partial charge >= 0.3 is 0 Å². The summed E-state index contributed by atoms with van der Waals surface area (Å²) < 4.78 is 0. The van der Waals surface area contributed by atoms with E-state index in [0.717, 1.165) is 24.4 Å². The summed E-state index contributed by atoms with van der Waals surface area (Å²) in [5.74, 6) is 0.832. The van der Waals surface area contributed by atoms with E-state index in [9.17, 15) is 0 Å². The van der Waals surface area contributed by atoms with E-state index >= 15 is 0 Å². The van der Waals surface area contributed by atoms with Crippen molar-refractivity contribution in [3.8, 4) is 0 Å². The van der Waals surface area contributed by atoms with Gasteiger partial charge in [-0.25, -0.2) is 0 Å². The number of rotatable bonds is 2. The van der Waals surface area contributed by atoms with Crippen LogP contribution in [0.15, 0.2) is 12.1 Å². The van der Waals surface area contributed by atoms with Gasteiger partial charge in [-0.3, -0.25) is 0 Å². The number of alkyl halides is 1. The number of aryl methyl sites for hydroxylation is 1. The third-order valence-corrected chi connectivity index (χ3v) is 3.34. The molecule has 1 aromatic heterocycles. The molecular formula is C11H16ClN3. The van der Waals surface area contributed by atoms with Gasteiger partial charge in [-0.15, -0.1) is 16.7 Å². The lowest BCUT2D eigenvalue weighted by molar-refractivity contribution is 0.468. The molecule has 0 saturated heterocycles. The van der Waals surface area contributed by atoms with Gasteiger partial charge in [-0.2, -0.15) is 5.10 Å². The molecule has 0 radical (unpaired) electrons. The van der Waals surface area contributed by atoms with Crippen LogP contribution in [0, 0.1) is 6.92 Å². The van der Waals surface area contributed by atoms with Gasteiger partial charge in [0.05, 0.1) is 11.1 Å².